The molecule has 0 radical (unpaired) electrons. The molecule has 4 rings (SSSR count). The minimum absolute atomic E-state index is 0.0821. The molecule has 2 aromatic rings. The topological polar surface area (TPSA) is 160 Å². The summed E-state index contributed by atoms with van der Waals surface area (Å²) in [6, 6.07) is 8.71. The van der Waals surface area contributed by atoms with Crippen molar-refractivity contribution >= 4 is 28.8 Å². The van der Waals surface area contributed by atoms with Gasteiger partial charge in [0.05, 0.1) is 25.1 Å². The van der Waals surface area contributed by atoms with Crippen molar-refractivity contribution in [3.8, 4) is 0 Å². The summed E-state index contributed by atoms with van der Waals surface area (Å²) in [4.78, 5) is 36.6. The van der Waals surface area contributed by atoms with Gasteiger partial charge in [0.25, 0.3) is 0 Å². The molecule has 0 saturated heterocycles. The van der Waals surface area contributed by atoms with Gasteiger partial charge in [0.15, 0.2) is 5.60 Å². The van der Waals surface area contributed by atoms with E-state index in [-0.39, 0.29) is 5.60 Å². The zero-order chi connectivity index (χ0) is 26.7. The standard InChI is InChI=1S/C20H28N2O.C6H8O7/c1-4-19(22(2)3)10-12-20(13-11-19)18-16(9-14-23-20)15-7-5-6-8-17(15)21-18;7-3(8)1-6(13,5(11)12)2-4(9)10/h5-8,21H,4,9-14H2,1-3H3;13H,1-2H2,(H,7,8)(H,9,10)(H,11,12). The number of nitrogens with zero attached hydrogens (tertiary/aromatic N) is 1. The minimum Gasteiger partial charge on any atom is -0.481 e. The second kappa shape index (κ2) is 10.6. The summed E-state index contributed by atoms with van der Waals surface area (Å²) in [7, 11) is 4.47. The van der Waals surface area contributed by atoms with E-state index in [1.54, 1.807) is 0 Å². The summed E-state index contributed by atoms with van der Waals surface area (Å²) in [5, 5.41) is 35.2. The molecule has 1 aliphatic heterocycles. The molecule has 1 aliphatic carbocycles. The second-order valence-electron chi connectivity index (χ2n) is 10.1. The molecule has 0 unspecified atom stereocenters. The quantitative estimate of drug-likeness (QED) is 0.382. The normalized spacial score (nSPS) is 23.7. The molecular weight excluding hydrogens is 468 g/mol. The molecule has 1 aromatic carbocycles. The smallest absolute Gasteiger partial charge is 0.336 e. The number of aromatic nitrogens is 1. The predicted molar refractivity (Wildman–Crippen MR) is 132 cm³/mol. The van der Waals surface area contributed by atoms with Crippen molar-refractivity contribution < 1.29 is 39.5 Å². The third-order valence-electron chi connectivity index (χ3n) is 7.88. The van der Waals surface area contributed by atoms with Gasteiger partial charge in [-0.2, -0.15) is 0 Å². The monoisotopic (exact) mass is 504 g/mol. The maximum absolute atomic E-state index is 10.3. The zero-order valence-corrected chi connectivity index (χ0v) is 21.0. The van der Waals surface area contributed by atoms with Crippen LogP contribution < -0.4 is 0 Å². The first-order valence-corrected chi connectivity index (χ1v) is 12.2. The van der Waals surface area contributed by atoms with E-state index >= 15 is 0 Å². The Morgan fingerprint density at radius 2 is 1.61 bits per heavy atom. The van der Waals surface area contributed by atoms with Crippen molar-refractivity contribution in [3.63, 3.8) is 0 Å². The molecule has 10 heteroatoms. The number of carboxylic acid groups (broad SMARTS) is 3. The number of hydrogen-bond donors (Lipinski definition) is 5. The van der Waals surface area contributed by atoms with Gasteiger partial charge in [-0.15, -0.1) is 0 Å². The van der Waals surface area contributed by atoms with Crippen molar-refractivity contribution in [1.82, 2.24) is 9.88 Å². The highest BCUT2D eigenvalue weighted by Gasteiger charge is 2.48. The van der Waals surface area contributed by atoms with E-state index in [1.165, 1.54) is 41.4 Å². The average Bonchev–Trinajstić information content (AvgIpc) is 3.19. The summed E-state index contributed by atoms with van der Waals surface area (Å²) in [5.74, 6) is -5.02. The van der Waals surface area contributed by atoms with E-state index in [0.29, 0.717) is 5.54 Å². The number of carboxylic acids is 3. The molecular formula is C26H36N2O8. The van der Waals surface area contributed by atoms with E-state index in [2.05, 4.69) is 55.2 Å². The van der Waals surface area contributed by atoms with Crippen molar-refractivity contribution in [1.29, 1.82) is 0 Å². The molecule has 2 aliphatic rings. The molecule has 1 spiro atoms. The molecule has 198 valence electrons. The largest absolute Gasteiger partial charge is 0.481 e. The lowest BCUT2D eigenvalue weighted by Crippen LogP contribution is -2.51. The summed E-state index contributed by atoms with van der Waals surface area (Å²) in [6.07, 6.45) is 4.64. The van der Waals surface area contributed by atoms with Crippen LogP contribution in [0.5, 0.6) is 0 Å². The number of para-hydroxylation sites is 1. The Morgan fingerprint density at radius 3 is 2.11 bits per heavy atom. The van der Waals surface area contributed by atoms with Gasteiger partial charge in [-0.25, -0.2) is 4.79 Å². The zero-order valence-electron chi connectivity index (χ0n) is 21.0. The molecule has 1 fully saturated rings. The number of aliphatic carboxylic acids is 3. The van der Waals surface area contributed by atoms with Crippen LogP contribution >= 0.6 is 0 Å². The predicted octanol–water partition coefficient (Wildman–Crippen LogP) is 2.97. The molecule has 2 heterocycles. The highest BCUT2D eigenvalue weighted by Crippen LogP contribution is 2.50. The average molecular weight is 505 g/mol. The maximum Gasteiger partial charge on any atom is 0.336 e. The van der Waals surface area contributed by atoms with Crippen LogP contribution in [-0.2, 0) is 31.1 Å². The lowest BCUT2D eigenvalue weighted by Gasteiger charge is -2.50. The number of H-pyrrole nitrogens is 1. The lowest BCUT2D eigenvalue weighted by atomic mass is 9.69. The van der Waals surface area contributed by atoms with E-state index in [1.807, 2.05) is 0 Å². The number of aromatic amines is 1. The van der Waals surface area contributed by atoms with Crippen LogP contribution in [0.4, 0.5) is 0 Å². The first kappa shape index (κ1) is 27.6. The second-order valence-corrected chi connectivity index (χ2v) is 10.1. The van der Waals surface area contributed by atoms with Crippen LogP contribution in [0.3, 0.4) is 0 Å². The summed E-state index contributed by atoms with van der Waals surface area (Å²) in [5.41, 5.74) is 1.66. The molecule has 0 bridgehead atoms. The highest BCUT2D eigenvalue weighted by atomic mass is 16.5. The summed E-state index contributed by atoms with van der Waals surface area (Å²) in [6.45, 7) is 3.18. The SMILES string of the molecule is CCC1(N(C)C)CCC2(CC1)OCCc1c2[nH]c2ccccc12.O=C(O)CC(O)(CC(=O)O)C(=O)O. The molecule has 0 atom stereocenters. The number of nitrogens with one attached hydrogen (secondary N) is 1. The van der Waals surface area contributed by atoms with Crippen molar-refractivity contribution in [2.24, 2.45) is 0 Å². The van der Waals surface area contributed by atoms with Crippen LogP contribution in [-0.4, -0.2) is 80.1 Å². The van der Waals surface area contributed by atoms with Crippen molar-refractivity contribution in [2.45, 2.75) is 75.0 Å². The minimum atomic E-state index is -2.74. The first-order valence-electron chi connectivity index (χ1n) is 12.2. The number of hydrogen-bond acceptors (Lipinski definition) is 6. The van der Waals surface area contributed by atoms with Crippen LogP contribution in [0.2, 0.25) is 0 Å². The van der Waals surface area contributed by atoms with Gasteiger partial charge in [-0.05, 0) is 64.3 Å². The van der Waals surface area contributed by atoms with Gasteiger partial charge >= 0.3 is 17.9 Å². The Bertz CT molecular complexity index is 1100. The van der Waals surface area contributed by atoms with E-state index in [9.17, 15) is 14.4 Å². The van der Waals surface area contributed by atoms with Crippen LogP contribution in [0, 0.1) is 0 Å². The Kier molecular flexibility index (Phi) is 8.12. The van der Waals surface area contributed by atoms with E-state index < -0.39 is 36.4 Å². The van der Waals surface area contributed by atoms with Gasteiger partial charge in [-0.3, -0.25) is 9.59 Å². The number of carbonyl (C=O) groups is 3. The Labute approximate surface area is 209 Å². The van der Waals surface area contributed by atoms with Crippen LogP contribution in [0.15, 0.2) is 24.3 Å². The third-order valence-corrected chi connectivity index (χ3v) is 7.88. The van der Waals surface area contributed by atoms with E-state index in [4.69, 9.17) is 25.2 Å². The Balaban J connectivity index is 0.000000240. The number of aliphatic hydroxyl groups is 1. The first-order chi connectivity index (χ1) is 16.9. The highest BCUT2D eigenvalue weighted by molar-refractivity contribution is 5.88. The molecule has 10 nitrogen and oxygen atoms in total. The summed E-state index contributed by atoms with van der Waals surface area (Å²) >= 11 is 0. The number of fused-ring (bicyclic) bond motifs is 4. The fourth-order valence-electron chi connectivity index (χ4n) is 5.61. The maximum atomic E-state index is 10.3. The number of rotatable bonds is 7. The third kappa shape index (κ3) is 5.40. The summed E-state index contributed by atoms with van der Waals surface area (Å²) < 4.78 is 6.43. The fourth-order valence-corrected chi connectivity index (χ4v) is 5.61. The Morgan fingerprint density at radius 1 is 1.03 bits per heavy atom. The van der Waals surface area contributed by atoms with Gasteiger partial charge in [0, 0.05) is 16.4 Å². The molecule has 5 N–H and O–H groups in total. The van der Waals surface area contributed by atoms with Gasteiger partial charge in [0.2, 0.25) is 0 Å². The van der Waals surface area contributed by atoms with Crippen LogP contribution in [0.1, 0.15) is 63.1 Å². The lowest BCUT2D eigenvalue weighted by molar-refractivity contribution is -0.170. The molecule has 36 heavy (non-hydrogen) atoms. The fraction of sp³-hybridized carbons (Fsp3) is 0.577. The molecule has 0 amide bonds. The van der Waals surface area contributed by atoms with Crippen molar-refractivity contribution in [2.75, 3.05) is 20.7 Å². The molecule has 1 aromatic heterocycles. The van der Waals surface area contributed by atoms with Gasteiger partial charge in [0.1, 0.15) is 5.60 Å². The van der Waals surface area contributed by atoms with Crippen molar-refractivity contribution in [3.05, 3.63) is 35.5 Å². The van der Waals surface area contributed by atoms with Gasteiger partial charge in [-0.1, -0.05) is 25.1 Å². The molecule has 1 saturated carbocycles. The number of benzene rings is 1. The van der Waals surface area contributed by atoms with E-state index in [0.717, 1.165) is 25.9 Å². The van der Waals surface area contributed by atoms with Crippen LogP contribution in [0.25, 0.3) is 10.9 Å². The van der Waals surface area contributed by atoms with Gasteiger partial charge < -0.3 is 35.0 Å². The number of ether oxygens (including phenoxy) is 1. The Hall–Kier alpha value is -2.95.